The van der Waals surface area contributed by atoms with Crippen LogP contribution in [-0.4, -0.2) is 28.1 Å². The van der Waals surface area contributed by atoms with E-state index in [4.69, 9.17) is 10.8 Å². The Kier molecular flexibility index (Phi) is 4.34. The first-order valence-corrected chi connectivity index (χ1v) is 5.63. The van der Waals surface area contributed by atoms with E-state index in [9.17, 15) is 9.59 Å². The second kappa shape index (κ2) is 4.64. The number of carboxylic acid groups (broad SMARTS) is 1. The number of carbonyl (C=O) groups is 2. The second-order valence-corrected chi connectivity index (χ2v) is 6.26. The van der Waals surface area contributed by atoms with Crippen molar-refractivity contribution in [3.8, 4) is 0 Å². The summed E-state index contributed by atoms with van der Waals surface area (Å²) >= 11 is 0. The van der Waals surface area contributed by atoms with Gasteiger partial charge in [-0.2, -0.15) is 0 Å². The molecule has 0 aliphatic rings. The van der Waals surface area contributed by atoms with Gasteiger partial charge in [0.2, 0.25) is 5.91 Å². The molecule has 100 valence electrons. The number of nitrogens with two attached hydrogens (primary N) is 1. The van der Waals surface area contributed by atoms with Crippen molar-refractivity contribution >= 4 is 11.9 Å². The first kappa shape index (κ1) is 15.9. The van der Waals surface area contributed by atoms with Crippen LogP contribution in [0.3, 0.4) is 0 Å². The fourth-order valence-electron chi connectivity index (χ4n) is 1.18. The van der Waals surface area contributed by atoms with Crippen molar-refractivity contribution in [1.82, 2.24) is 5.32 Å². The smallest absolute Gasteiger partial charge is 0.305 e. The van der Waals surface area contributed by atoms with Crippen LogP contribution in [0.1, 0.15) is 48.0 Å². The third-order valence-electron chi connectivity index (χ3n) is 3.22. The Morgan fingerprint density at radius 2 is 1.53 bits per heavy atom. The van der Waals surface area contributed by atoms with Crippen molar-refractivity contribution in [2.24, 2.45) is 11.1 Å². The largest absolute Gasteiger partial charge is 0.481 e. The predicted octanol–water partition coefficient (Wildman–Crippen LogP) is 1.12. The van der Waals surface area contributed by atoms with Crippen molar-refractivity contribution in [3.05, 3.63) is 0 Å². The summed E-state index contributed by atoms with van der Waals surface area (Å²) in [6.07, 6.45) is -0.125. The van der Waals surface area contributed by atoms with Gasteiger partial charge in [0.1, 0.15) is 0 Å². The zero-order valence-electron chi connectivity index (χ0n) is 11.5. The van der Waals surface area contributed by atoms with Gasteiger partial charge >= 0.3 is 5.97 Å². The van der Waals surface area contributed by atoms with Gasteiger partial charge in [-0.05, 0) is 41.5 Å². The van der Waals surface area contributed by atoms with Crippen molar-refractivity contribution in [3.63, 3.8) is 0 Å². The third kappa shape index (κ3) is 4.34. The monoisotopic (exact) mass is 244 g/mol. The van der Waals surface area contributed by atoms with E-state index in [0.29, 0.717) is 0 Å². The third-order valence-corrected chi connectivity index (χ3v) is 3.22. The number of rotatable bonds is 5. The lowest BCUT2D eigenvalue weighted by atomic mass is 9.74. The molecule has 0 radical (unpaired) electrons. The van der Waals surface area contributed by atoms with Crippen LogP contribution in [0.5, 0.6) is 0 Å². The molecule has 0 aliphatic heterocycles. The standard InChI is InChI=1S/C12H24N2O3/c1-10(2,7-8(15)16)14-9(17)11(3,4)12(5,6)13/h7,13H2,1-6H3,(H,14,17)(H,15,16). The molecule has 0 aromatic heterocycles. The summed E-state index contributed by atoms with van der Waals surface area (Å²) in [7, 11) is 0. The lowest BCUT2D eigenvalue weighted by Crippen LogP contribution is -2.59. The zero-order valence-corrected chi connectivity index (χ0v) is 11.5. The normalized spacial score (nSPS) is 13.4. The molecular formula is C12H24N2O3. The van der Waals surface area contributed by atoms with Crippen LogP contribution in [0, 0.1) is 5.41 Å². The highest BCUT2D eigenvalue weighted by atomic mass is 16.4. The van der Waals surface area contributed by atoms with Crippen LogP contribution in [0.4, 0.5) is 0 Å². The van der Waals surface area contributed by atoms with Crippen molar-refractivity contribution in [2.75, 3.05) is 0 Å². The van der Waals surface area contributed by atoms with Crippen molar-refractivity contribution in [2.45, 2.75) is 59.0 Å². The summed E-state index contributed by atoms with van der Waals surface area (Å²) in [5.74, 6) is -1.18. The molecule has 0 spiro atoms. The summed E-state index contributed by atoms with van der Waals surface area (Å²) in [5, 5.41) is 11.5. The van der Waals surface area contributed by atoms with Crippen LogP contribution in [0.15, 0.2) is 0 Å². The van der Waals surface area contributed by atoms with Crippen molar-refractivity contribution < 1.29 is 14.7 Å². The summed E-state index contributed by atoms with van der Waals surface area (Å²) in [4.78, 5) is 22.8. The highest BCUT2D eigenvalue weighted by molar-refractivity contribution is 5.84. The SMILES string of the molecule is CC(C)(CC(=O)O)NC(=O)C(C)(C)C(C)(C)N. The first-order valence-electron chi connectivity index (χ1n) is 5.63. The molecule has 17 heavy (non-hydrogen) atoms. The van der Waals surface area contributed by atoms with Crippen LogP contribution >= 0.6 is 0 Å². The van der Waals surface area contributed by atoms with E-state index in [-0.39, 0.29) is 12.3 Å². The molecule has 0 unspecified atom stereocenters. The van der Waals surface area contributed by atoms with Gasteiger partial charge in [-0.25, -0.2) is 0 Å². The Balaban J connectivity index is 4.82. The van der Waals surface area contributed by atoms with Gasteiger partial charge in [0, 0.05) is 11.1 Å². The number of hydrogen-bond acceptors (Lipinski definition) is 3. The van der Waals surface area contributed by atoms with E-state index in [1.165, 1.54) is 0 Å². The number of nitrogens with one attached hydrogen (secondary N) is 1. The maximum absolute atomic E-state index is 12.1. The van der Waals surface area contributed by atoms with Crippen LogP contribution in [-0.2, 0) is 9.59 Å². The molecular weight excluding hydrogens is 220 g/mol. The average molecular weight is 244 g/mol. The van der Waals surface area contributed by atoms with Crippen molar-refractivity contribution in [1.29, 1.82) is 0 Å². The van der Waals surface area contributed by atoms with Gasteiger partial charge in [-0.15, -0.1) is 0 Å². The van der Waals surface area contributed by atoms with Gasteiger partial charge < -0.3 is 16.2 Å². The second-order valence-electron chi connectivity index (χ2n) is 6.26. The Bertz CT molecular complexity index is 314. The number of hydrogen-bond donors (Lipinski definition) is 3. The van der Waals surface area contributed by atoms with Gasteiger partial charge in [-0.3, -0.25) is 9.59 Å². The molecule has 0 aliphatic carbocycles. The summed E-state index contributed by atoms with van der Waals surface area (Å²) < 4.78 is 0. The Morgan fingerprint density at radius 3 is 1.82 bits per heavy atom. The minimum Gasteiger partial charge on any atom is -0.481 e. The summed E-state index contributed by atoms with van der Waals surface area (Å²) in [5.41, 5.74) is 3.71. The predicted molar refractivity (Wildman–Crippen MR) is 66.5 cm³/mol. The number of carbonyl (C=O) groups excluding carboxylic acids is 1. The van der Waals surface area contributed by atoms with Crippen LogP contribution in [0.25, 0.3) is 0 Å². The molecule has 0 saturated carbocycles. The summed E-state index contributed by atoms with van der Waals surface area (Å²) in [6.45, 7) is 10.4. The Morgan fingerprint density at radius 1 is 1.12 bits per heavy atom. The molecule has 0 bridgehead atoms. The van der Waals surface area contributed by atoms with Gasteiger partial charge in [-0.1, -0.05) is 0 Å². The molecule has 0 fully saturated rings. The lowest BCUT2D eigenvalue weighted by molar-refractivity contribution is -0.139. The van der Waals surface area contributed by atoms with E-state index < -0.39 is 22.5 Å². The molecule has 0 heterocycles. The van der Waals surface area contributed by atoms with E-state index in [2.05, 4.69) is 5.32 Å². The first-order chi connectivity index (χ1) is 7.29. The molecule has 0 aromatic rings. The molecule has 5 nitrogen and oxygen atoms in total. The Hall–Kier alpha value is -1.10. The number of aliphatic carboxylic acids is 1. The summed E-state index contributed by atoms with van der Waals surface area (Å²) in [6, 6.07) is 0. The topological polar surface area (TPSA) is 92.4 Å². The molecule has 0 saturated heterocycles. The zero-order chi connectivity index (χ0) is 14.1. The fourth-order valence-corrected chi connectivity index (χ4v) is 1.18. The molecule has 0 aromatic carbocycles. The lowest BCUT2D eigenvalue weighted by Gasteiger charge is -2.39. The Labute approximate surface area is 103 Å². The maximum atomic E-state index is 12.1. The quantitative estimate of drug-likeness (QED) is 0.675. The maximum Gasteiger partial charge on any atom is 0.305 e. The molecule has 0 atom stereocenters. The molecule has 1 amide bonds. The van der Waals surface area contributed by atoms with Gasteiger partial charge in [0.05, 0.1) is 11.8 Å². The molecule has 5 heteroatoms. The minimum absolute atomic E-state index is 0.125. The average Bonchev–Trinajstić information content (AvgIpc) is 1.97. The highest BCUT2D eigenvalue weighted by Gasteiger charge is 2.42. The van der Waals surface area contributed by atoms with E-state index in [1.807, 2.05) is 0 Å². The van der Waals surface area contributed by atoms with Crippen LogP contribution < -0.4 is 11.1 Å². The minimum atomic E-state index is -0.944. The van der Waals surface area contributed by atoms with Crippen LogP contribution in [0.2, 0.25) is 0 Å². The fraction of sp³-hybridized carbons (Fsp3) is 0.833. The molecule has 0 rings (SSSR count). The number of carboxylic acids is 1. The molecule has 4 N–H and O–H groups in total. The number of amides is 1. The van der Waals surface area contributed by atoms with E-state index in [1.54, 1.807) is 41.5 Å². The van der Waals surface area contributed by atoms with Gasteiger partial charge in [0.15, 0.2) is 0 Å². The van der Waals surface area contributed by atoms with Gasteiger partial charge in [0.25, 0.3) is 0 Å². The van der Waals surface area contributed by atoms with E-state index >= 15 is 0 Å². The highest BCUT2D eigenvalue weighted by Crippen LogP contribution is 2.29. The van der Waals surface area contributed by atoms with E-state index in [0.717, 1.165) is 0 Å².